The molecule has 4 aromatic rings. The average Bonchev–Trinajstić information content (AvgIpc) is 3.03. The summed E-state index contributed by atoms with van der Waals surface area (Å²) in [7, 11) is 0. The van der Waals surface area contributed by atoms with Crippen LogP contribution in [0.2, 0.25) is 0 Å². The van der Waals surface area contributed by atoms with Crippen molar-refractivity contribution in [3.8, 4) is 0 Å². The summed E-state index contributed by atoms with van der Waals surface area (Å²) in [5.41, 5.74) is 0. The van der Waals surface area contributed by atoms with Gasteiger partial charge in [0.2, 0.25) is 0 Å². The van der Waals surface area contributed by atoms with E-state index in [2.05, 4.69) is 82.7 Å². The molecule has 0 N–H and O–H groups in total. The molecule has 0 unspecified atom stereocenters. The Morgan fingerprint density at radius 2 is 1.74 bits per heavy atom. The molecule has 0 atom stereocenters. The summed E-state index contributed by atoms with van der Waals surface area (Å²) in [6.07, 6.45) is 0. The van der Waals surface area contributed by atoms with Crippen molar-refractivity contribution in [1.82, 2.24) is 0 Å². The molecule has 0 aliphatic heterocycles. The molecule has 0 radical (unpaired) electrons. The number of benzene rings is 2. The second-order valence-electron chi connectivity index (χ2n) is 4.82. The van der Waals surface area contributed by atoms with E-state index in [9.17, 15) is 0 Å². The van der Waals surface area contributed by atoms with Crippen LogP contribution in [0.3, 0.4) is 0 Å². The molecule has 0 bridgehead atoms. The first-order valence-electron chi connectivity index (χ1n) is 6.48. The van der Waals surface area contributed by atoms with Crippen molar-refractivity contribution in [2.75, 3.05) is 0 Å². The van der Waals surface area contributed by atoms with Gasteiger partial charge in [-0.3, -0.25) is 0 Å². The Morgan fingerprint density at radius 1 is 0.957 bits per heavy atom. The minimum atomic E-state index is 0. The Labute approximate surface area is 179 Å². The predicted octanol–water partition coefficient (Wildman–Crippen LogP) is 0.350. The maximum Gasteiger partial charge on any atom is 4.00 e. The molecule has 0 nitrogen and oxygen atoms in total. The topological polar surface area (TPSA) is 0 Å². The quantitative estimate of drug-likeness (QED) is 0.358. The first-order valence-corrected chi connectivity index (χ1v) is 8.09. The van der Waals surface area contributed by atoms with Crippen LogP contribution in [0.5, 0.6) is 0 Å². The van der Waals surface area contributed by atoms with Crippen LogP contribution in [0, 0.1) is 0 Å². The van der Waals surface area contributed by atoms with Gasteiger partial charge in [-0.15, -0.1) is 64.0 Å². The van der Waals surface area contributed by atoms with Crippen LogP contribution >= 0.6 is 27.7 Å². The number of hydrogen-bond donors (Lipinski definition) is 0. The summed E-state index contributed by atoms with van der Waals surface area (Å²) < 4.78 is 1.15. The van der Waals surface area contributed by atoms with Crippen molar-refractivity contribution in [2.45, 2.75) is 9.79 Å². The van der Waals surface area contributed by atoms with Crippen LogP contribution in [-0.4, -0.2) is 0 Å². The Morgan fingerprint density at radius 3 is 2.57 bits per heavy atom. The average molecular weight is 501 g/mol. The van der Waals surface area contributed by atoms with Gasteiger partial charge >= 0.3 is 26.2 Å². The van der Waals surface area contributed by atoms with E-state index in [-0.39, 0.29) is 51.0 Å². The summed E-state index contributed by atoms with van der Waals surface area (Å²) >= 11 is 5.41. The Bertz CT molecular complexity index is 914. The van der Waals surface area contributed by atoms with Gasteiger partial charge in [0.25, 0.3) is 0 Å². The fourth-order valence-electron chi connectivity index (χ4n) is 2.59. The third kappa shape index (κ3) is 4.14. The van der Waals surface area contributed by atoms with E-state index in [0.717, 1.165) is 4.47 Å². The summed E-state index contributed by atoms with van der Waals surface area (Å²) in [6.45, 7) is 0. The summed E-state index contributed by atoms with van der Waals surface area (Å²) in [4.78, 5) is 2.63. The van der Waals surface area contributed by atoms with Gasteiger partial charge in [0.1, 0.15) is 0 Å². The van der Waals surface area contributed by atoms with Gasteiger partial charge in [-0.2, -0.15) is 23.9 Å². The summed E-state index contributed by atoms with van der Waals surface area (Å²) in [6, 6.07) is 23.8. The van der Waals surface area contributed by atoms with Crippen molar-refractivity contribution in [3.63, 3.8) is 0 Å². The molecule has 4 aromatic carbocycles. The van der Waals surface area contributed by atoms with E-state index >= 15 is 0 Å². The SMILES string of the molecule is Brc1cc2c(S[c-]3ccc4ccccc43)cccc2[cH-]1.[Cl-].[Cl-].[Zr+4]. The van der Waals surface area contributed by atoms with Gasteiger partial charge < -0.3 is 24.8 Å². The molecule has 4 rings (SSSR count). The zero-order valence-electron chi connectivity index (χ0n) is 11.9. The molecule has 0 aliphatic rings. The van der Waals surface area contributed by atoms with Gasteiger partial charge in [0.05, 0.1) is 0 Å². The maximum atomic E-state index is 3.57. The number of hydrogen-bond acceptors (Lipinski definition) is 1. The fourth-order valence-corrected chi connectivity index (χ4v) is 4.17. The van der Waals surface area contributed by atoms with Crippen LogP contribution in [0.4, 0.5) is 0 Å². The third-order valence-electron chi connectivity index (χ3n) is 3.54. The Hall–Kier alpha value is -0.0469. The maximum absolute atomic E-state index is 3.57. The molecule has 0 aliphatic carbocycles. The van der Waals surface area contributed by atoms with Gasteiger partial charge in [-0.1, -0.05) is 37.4 Å². The molecule has 0 heterocycles. The number of rotatable bonds is 2. The van der Waals surface area contributed by atoms with E-state index in [1.807, 2.05) is 11.8 Å². The standard InChI is InChI=1S/C18H11BrS.2ClH.Zr/c19-14-10-13-5-3-7-17(16(13)11-14)20-18-9-8-12-4-1-2-6-15(12)18;;;/h1-11H;2*1H;/q-2;;;+4/p-2. The molecule has 23 heavy (non-hydrogen) atoms. The normalized spacial score (nSPS) is 9.96. The van der Waals surface area contributed by atoms with Crippen LogP contribution in [0.25, 0.3) is 21.5 Å². The molecule has 0 spiro atoms. The van der Waals surface area contributed by atoms with Gasteiger partial charge in [-0.25, -0.2) is 0 Å². The monoisotopic (exact) mass is 498 g/mol. The molecule has 114 valence electrons. The van der Waals surface area contributed by atoms with E-state index < -0.39 is 0 Å². The van der Waals surface area contributed by atoms with E-state index in [0.29, 0.717) is 0 Å². The first kappa shape index (κ1) is 21.0. The number of fused-ring (bicyclic) bond motifs is 2. The molecule has 0 aromatic heterocycles. The van der Waals surface area contributed by atoms with Crippen molar-refractivity contribution >= 4 is 49.2 Å². The van der Waals surface area contributed by atoms with E-state index in [4.69, 9.17) is 0 Å². The number of halogens is 3. The van der Waals surface area contributed by atoms with Crippen molar-refractivity contribution in [3.05, 3.63) is 71.2 Å². The first-order chi connectivity index (χ1) is 9.81. The smallest absolute Gasteiger partial charge is 1.00 e. The molecular weight excluding hydrogens is 490 g/mol. The van der Waals surface area contributed by atoms with Crippen molar-refractivity contribution in [2.24, 2.45) is 0 Å². The molecule has 5 heteroatoms. The zero-order valence-corrected chi connectivity index (χ0v) is 18.3. The zero-order chi connectivity index (χ0) is 13.5. The molecule has 0 saturated heterocycles. The van der Waals surface area contributed by atoms with Crippen molar-refractivity contribution < 1.29 is 51.0 Å². The molecule has 0 amide bonds. The second-order valence-corrected chi connectivity index (χ2v) is 6.82. The Balaban J connectivity index is 0.000000882. The van der Waals surface area contributed by atoms with Crippen LogP contribution in [-0.2, 0) is 26.2 Å². The largest absolute Gasteiger partial charge is 4.00 e. The van der Waals surface area contributed by atoms with E-state index in [1.165, 1.54) is 31.3 Å². The molecule has 0 fully saturated rings. The third-order valence-corrected chi connectivity index (χ3v) is 5.15. The summed E-state index contributed by atoms with van der Waals surface area (Å²) in [5.74, 6) is 0. The second kappa shape index (κ2) is 8.88. The minimum Gasteiger partial charge on any atom is -1.00 e. The van der Waals surface area contributed by atoms with Crippen LogP contribution < -0.4 is 24.8 Å². The van der Waals surface area contributed by atoms with Crippen molar-refractivity contribution in [1.29, 1.82) is 0 Å². The fraction of sp³-hybridized carbons (Fsp3) is 0. The Kier molecular flexibility index (Phi) is 8.10. The summed E-state index contributed by atoms with van der Waals surface area (Å²) in [5, 5.41) is 5.25. The van der Waals surface area contributed by atoms with Crippen LogP contribution in [0.1, 0.15) is 0 Å². The van der Waals surface area contributed by atoms with Gasteiger partial charge in [-0.05, 0) is 4.90 Å². The predicted molar refractivity (Wildman–Crippen MR) is 90.9 cm³/mol. The van der Waals surface area contributed by atoms with E-state index in [1.54, 1.807) is 0 Å². The van der Waals surface area contributed by atoms with Gasteiger partial charge in [0, 0.05) is 0 Å². The molecule has 0 saturated carbocycles. The van der Waals surface area contributed by atoms with Crippen LogP contribution in [0.15, 0.2) is 81.0 Å². The van der Waals surface area contributed by atoms with Gasteiger partial charge in [0.15, 0.2) is 0 Å². The molecular formula is C18H11BrCl2SZr. The minimum absolute atomic E-state index is 0.